The number of benzene rings is 1. The van der Waals surface area contributed by atoms with Crippen molar-refractivity contribution in [2.24, 2.45) is 0 Å². The van der Waals surface area contributed by atoms with Gasteiger partial charge in [0.05, 0.1) is 15.6 Å². The molecule has 1 heterocycles. The second-order valence-corrected chi connectivity index (χ2v) is 4.99. The van der Waals surface area contributed by atoms with Crippen LogP contribution in [0.15, 0.2) is 33.9 Å². The van der Waals surface area contributed by atoms with Crippen molar-refractivity contribution in [3.8, 4) is 0 Å². The summed E-state index contributed by atoms with van der Waals surface area (Å²) < 4.78 is 0.484. The fourth-order valence-corrected chi connectivity index (χ4v) is 2.32. The molecule has 2 aromatic rings. The topological polar surface area (TPSA) is 84.7 Å². The van der Waals surface area contributed by atoms with Crippen molar-refractivity contribution in [2.45, 2.75) is 10.8 Å². The van der Waals surface area contributed by atoms with Gasteiger partial charge in [-0.1, -0.05) is 17.8 Å². The minimum atomic E-state index is -0.408. The van der Waals surface area contributed by atoms with Crippen LogP contribution in [-0.4, -0.2) is 20.3 Å². The number of nitro benzene ring substituents is 1. The van der Waals surface area contributed by atoms with Gasteiger partial charge < -0.3 is 0 Å². The van der Waals surface area contributed by atoms with Crippen LogP contribution in [0.4, 0.5) is 5.69 Å². The Morgan fingerprint density at radius 2 is 2.35 bits per heavy atom. The van der Waals surface area contributed by atoms with Gasteiger partial charge in [0.2, 0.25) is 0 Å². The van der Waals surface area contributed by atoms with Gasteiger partial charge in [0.25, 0.3) is 5.69 Å². The number of aromatic amines is 1. The summed E-state index contributed by atoms with van der Waals surface area (Å²) in [5.41, 5.74) is 0.941. The summed E-state index contributed by atoms with van der Waals surface area (Å²) in [5, 5.41) is 21.6. The Balaban J connectivity index is 2.11. The molecule has 0 radical (unpaired) electrons. The van der Waals surface area contributed by atoms with Crippen LogP contribution in [0, 0.1) is 10.1 Å². The maximum Gasteiger partial charge on any atom is 0.283 e. The van der Waals surface area contributed by atoms with Crippen molar-refractivity contribution >= 4 is 33.4 Å². The van der Waals surface area contributed by atoms with E-state index in [2.05, 4.69) is 31.3 Å². The molecule has 8 heteroatoms. The van der Waals surface area contributed by atoms with E-state index in [1.54, 1.807) is 18.3 Å². The first-order chi connectivity index (χ1) is 8.16. The highest BCUT2D eigenvalue weighted by molar-refractivity contribution is 9.10. The van der Waals surface area contributed by atoms with Gasteiger partial charge in [0, 0.05) is 11.8 Å². The molecule has 0 aliphatic rings. The summed E-state index contributed by atoms with van der Waals surface area (Å²) in [6.45, 7) is 0. The maximum absolute atomic E-state index is 10.7. The molecule has 1 aromatic carbocycles. The Kier molecular flexibility index (Phi) is 3.75. The van der Waals surface area contributed by atoms with Crippen molar-refractivity contribution in [1.29, 1.82) is 0 Å². The molecule has 88 valence electrons. The molecule has 0 saturated carbocycles. The largest absolute Gasteiger partial charge is 0.283 e. The van der Waals surface area contributed by atoms with E-state index >= 15 is 0 Å². The zero-order valence-corrected chi connectivity index (χ0v) is 10.9. The Hall–Kier alpha value is -1.41. The molecule has 1 aromatic heterocycles. The zero-order valence-electron chi connectivity index (χ0n) is 8.46. The first-order valence-corrected chi connectivity index (χ1v) is 6.36. The highest BCUT2D eigenvalue weighted by atomic mass is 79.9. The molecule has 0 unspecified atom stereocenters. The predicted molar refractivity (Wildman–Crippen MR) is 66.7 cm³/mol. The van der Waals surface area contributed by atoms with E-state index < -0.39 is 4.92 Å². The number of rotatable bonds is 4. The minimum absolute atomic E-state index is 0.0725. The lowest BCUT2D eigenvalue weighted by Gasteiger charge is -2.00. The molecule has 0 fully saturated rings. The number of hydrogen-bond acceptors (Lipinski definition) is 5. The fraction of sp³-hybridized carbons (Fsp3) is 0.111. The van der Waals surface area contributed by atoms with Crippen LogP contribution < -0.4 is 0 Å². The summed E-state index contributed by atoms with van der Waals surface area (Å²) >= 11 is 4.61. The van der Waals surface area contributed by atoms with Gasteiger partial charge in [-0.2, -0.15) is 10.3 Å². The lowest BCUT2D eigenvalue weighted by molar-refractivity contribution is -0.385. The van der Waals surface area contributed by atoms with Gasteiger partial charge in [-0.3, -0.25) is 10.1 Å². The number of halogens is 1. The standard InChI is InChI=1S/C9H7BrN4O2S/c10-7-2-1-6(3-8(7)14(15)16)5-17-9-4-11-13-12-9/h1-4H,5H2,(H,11,12,13). The number of H-pyrrole nitrogens is 1. The Bertz CT molecular complexity index is 532. The summed E-state index contributed by atoms with van der Waals surface area (Å²) in [5.74, 6) is 0.612. The Labute approximate surface area is 109 Å². The van der Waals surface area contributed by atoms with Crippen molar-refractivity contribution < 1.29 is 4.92 Å². The van der Waals surface area contributed by atoms with Crippen LogP contribution in [0.1, 0.15) is 5.56 Å². The van der Waals surface area contributed by atoms with Crippen molar-refractivity contribution in [2.75, 3.05) is 0 Å². The van der Waals surface area contributed by atoms with Gasteiger partial charge in [-0.25, -0.2) is 0 Å². The minimum Gasteiger partial charge on any atom is -0.258 e. The van der Waals surface area contributed by atoms with Crippen molar-refractivity contribution in [3.63, 3.8) is 0 Å². The van der Waals surface area contributed by atoms with Crippen LogP contribution in [0.5, 0.6) is 0 Å². The monoisotopic (exact) mass is 314 g/mol. The lowest BCUT2D eigenvalue weighted by Crippen LogP contribution is -1.91. The first kappa shape index (κ1) is 12.1. The van der Waals surface area contributed by atoms with Crippen LogP contribution >= 0.6 is 27.7 Å². The van der Waals surface area contributed by atoms with E-state index in [4.69, 9.17) is 0 Å². The molecule has 17 heavy (non-hydrogen) atoms. The SMILES string of the molecule is O=[N+]([O-])c1cc(CSc2cn[nH]n2)ccc1Br. The Morgan fingerprint density at radius 3 is 3.00 bits per heavy atom. The van der Waals surface area contributed by atoms with Gasteiger partial charge in [0.1, 0.15) is 5.03 Å². The third kappa shape index (κ3) is 3.04. The number of thioether (sulfide) groups is 1. The molecule has 2 rings (SSSR count). The summed E-state index contributed by atoms with van der Waals surface area (Å²) in [6.07, 6.45) is 1.61. The second-order valence-electron chi connectivity index (χ2n) is 3.14. The zero-order chi connectivity index (χ0) is 12.3. The number of nitrogens with zero attached hydrogens (tertiary/aromatic N) is 3. The molecule has 0 saturated heterocycles. The van der Waals surface area contributed by atoms with Crippen LogP contribution in [-0.2, 0) is 5.75 Å². The second kappa shape index (κ2) is 5.28. The van der Waals surface area contributed by atoms with E-state index in [1.165, 1.54) is 11.8 Å². The van der Waals surface area contributed by atoms with Gasteiger partial charge in [-0.05, 0) is 27.6 Å². The van der Waals surface area contributed by atoms with E-state index in [-0.39, 0.29) is 5.69 Å². The summed E-state index contributed by atoms with van der Waals surface area (Å²) in [7, 11) is 0. The van der Waals surface area contributed by atoms with Crippen LogP contribution in [0.3, 0.4) is 0 Å². The molecule has 0 bridgehead atoms. The average molecular weight is 315 g/mol. The van der Waals surface area contributed by atoms with E-state index in [0.29, 0.717) is 10.2 Å². The number of aromatic nitrogens is 3. The highest BCUT2D eigenvalue weighted by Crippen LogP contribution is 2.28. The van der Waals surface area contributed by atoms with Gasteiger partial charge in [0.15, 0.2) is 0 Å². The molecule has 1 N–H and O–H groups in total. The quantitative estimate of drug-likeness (QED) is 0.533. The van der Waals surface area contributed by atoms with Crippen molar-refractivity contribution in [1.82, 2.24) is 15.4 Å². The molecule has 0 amide bonds. The maximum atomic E-state index is 10.7. The molecule has 0 atom stereocenters. The van der Waals surface area contributed by atoms with E-state index in [9.17, 15) is 10.1 Å². The third-order valence-corrected chi connectivity index (χ3v) is 3.63. The summed E-state index contributed by atoms with van der Waals surface area (Å²) in [6, 6.07) is 5.07. The van der Waals surface area contributed by atoms with E-state index in [1.807, 2.05) is 6.07 Å². The normalized spacial score (nSPS) is 10.4. The highest BCUT2D eigenvalue weighted by Gasteiger charge is 2.12. The van der Waals surface area contributed by atoms with Crippen LogP contribution in [0.2, 0.25) is 0 Å². The molecule has 0 aliphatic carbocycles. The molecular weight excluding hydrogens is 308 g/mol. The smallest absolute Gasteiger partial charge is 0.258 e. The summed E-state index contributed by atoms with van der Waals surface area (Å²) in [4.78, 5) is 10.3. The molecule has 0 spiro atoms. The molecular formula is C9H7BrN4O2S. The van der Waals surface area contributed by atoms with Gasteiger partial charge in [-0.15, -0.1) is 5.10 Å². The van der Waals surface area contributed by atoms with Crippen LogP contribution in [0.25, 0.3) is 0 Å². The predicted octanol–water partition coefficient (Wildman–Crippen LogP) is 2.77. The fourth-order valence-electron chi connectivity index (χ4n) is 1.21. The Morgan fingerprint density at radius 1 is 1.53 bits per heavy atom. The number of nitro groups is 1. The lowest BCUT2D eigenvalue weighted by atomic mass is 10.2. The number of nitrogens with one attached hydrogen (secondary N) is 1. The number of hydrogen-bond donors (Lipinski definition) is 1. The van der Waals surface area contributed by atoms with Gasteiger partial charge >= 0.3 is 0 Å². The average Bonchev–Trinajstić information content (AvgIpc) is 2.80. The first-order valence-electron chi connectivity index (χ1n) is 4.58. The molecule has 6 nitrogen and oxygen atoms in total. The molecule has 0 aliphatic heterocycles. The van der Waals surface area contributed by atoms with Crippen molar-refractivity contribution in [3.05, 3.63) is 44.5 Å². The van der Waals surface area contributed by atoms with E-state index in [0.717, 1.165) is 10.6 Å². The third-order valence-electron chi connectivity index (χ3n) is 1.99.